The molecule has 1 aliphatic carbocycles. The Balaban J connectivity index is 1.40. The summed E-state index contributed by atoms with van der Waals surface area (Å²) in [6.45, 7) is 0.188. The molecule has 10 heteroatoms. The fraction of sp³-hybridized carbons (Fsp3) is 0.429. The van der Waals surface area contributed by atoms with Crippen LogP contribution in [0.25, 0.3) is 10.2 Å². The van der Waals surface area contributed by atoms with Gasteiger partial charge < -0.3 is 25.8 Å². The molecule has 3 heterocycles. The van der Waals surface area contributed by atoms with Gasteiger partial charge in [-0.05, 0) is 25.0 Å². The van der Waals surface area contributed by atoms with Crippen molar-refractivity contribution in [3.8, 4) is 5.19 Å². The van der Waals surface area contributed by atoms with Crippen LogP contribution in [0.4, 0.5) is 0 Å². The van der Waals surface area contributed by atoms with Gasteiger partial charge >= 0.3 is 5.97 Å². The van der Waals surface area contributed by atoms with E-state index in [9.17, 15) is 19.5 Å². The van der Waals surface area contributed by atoms with Crippen molar-refractivity contribution in [1.82, 2.24) is 15.2 Å². The zero-order valence-corrected chi connectivity index (χ0v) is 17.4. The van der Waals surface area contributed by atoms with Crippen molar-refractivity contribution in [2.24, 2.45) is 11.7 Å². The summed E-state index contributed by atoms with van der Waals surface area (Å²) in [4.78, 5) is 43.7. The summed E-state index contributed by atoms with van der Waals surface area (Å²) in [6, 6.07) is 6.01. The maximum Gasteiger partial charge on any atom is 0.330 e. The Morgan fingerprint density at radius 1 is 1.35 bits per heavy atom. The van der Waals surface area contributed by atoms with Crippen molar-refractivity contribution in [3.05, 3.63) is 36.4 Å². The number of thiazole rings is 1. The van der Waals surface area contributed by atoms with Gasteiger partial charge in [-0.25, -0.2) is 9.78 Å². The van der Waals surface area contributed by atoms with Gasteiger partial charge in [-0.3, -0.25) is 9.59 Å². The summed E-state index contributed by atoms with van der Waals surface area (Å²) in [5, 5.41) is 12.8. The fourth-order valence-corrected chi connectivity index (χ4v) is 5.27. The summed E-state index contributed by atoms with van der Waals surface area (Å²) in [5.74, 6) is -2.22. The molecule has 3 aliphatic rings. The van der Waals surface area contributed by atoms with Crippen molar-refractivity contribution >= 4 is 39.3 Å². The van der Waals surface area contributed by atoms with E-state index in [-0.39, 0.29) is 31.2 Å². The number of nitrogens with one attached hydrogen (secondary N) is 1. The lowest BCUT2D eigenvalue weighted by molar-refractivity contribution is -0.145. The maximum absolute atomic E-state index is 13.1. The second-order valence-electron chi connectivity index (χ2n) is 8.28. The Morgan fingerprint density at radius 3 is 2.94 bits per heavy atom. The van der Waals surface area contributed by atoms with Crippen LogP contribution in [0.1, 0.15) is 19.3 Å². The normalized spacial score (nSPS) is 33.8. The highest BCUT2D eigenvalue weighted by Crippen LogP contribution is 2.45. The van der Waals surface area contributed by atoms with E-state index < -0.39 is 35.6 Å². The Labute approximate surface area is 181 Å². The number of carboxylic acids is 1. The first kappa shape index (κ1) is 20.0. The number of hydrogen-bond donors (Lipinski definition) is 3. The van der Waals surface area contributed by atoms with Crippen molar-refractivity contribution in [1.29, 1.82) is 0 Å². The Hall–Kier alpha value is -2.98. The van der Waals surface area contributed by atoms with E-state index in [2.05, 4.69) is 10.3 Å². The number of carboxylic acid groups (broad SMARTS) is 1. The summed E-state index contributed by atoms with van der Waals surface area (Å²) >= 11 is 1.40. The molecule has 1 saturated carbocycles. The summed E-state index contributed by atoms with van der Waals surface area (Å²) in [6.07, 6.45) is 3.88. The topological polar surface area (TPSA) is 135 Å². The third-order valence-electron chi connectivity index (χ3n) is 6.21. The van der Waals surface area contributed by atoms with Gasteiger partial charge in [0.05, 0.1) is 22.8 Å². The van der Waals surface area contributed by atoms with E-state index in [1.165, 1.54) is 16.2 Å². The molecule has 2 fully saturated rings. The number of nitrogens with two attached hydrogens (primary N) is 1. The quantitative estimate of drug-likeness (QED) is 0.601. The molecule has 0 spiro atoms. The lowest BCUT2D eigenvalue weighted by Gasteiger charge is -2.27. The van der Waals surface area contributed by atoms with Gasteiger partial charge in [0.1, 0.15) is 17.7 Å². The third-order valence-corrected chi connectivity index (χ3v) is 7.14. The van der Waals surface area contributed by atoms with Gasteiger partial charge in [-0.15, -0.1) is 0 Å². The van der Waals surface area contributed by atoms with Gasteiger partial charge in [0.2, 0.25) is 11.8 Å². The van der Waals surface area contributed by atoms with Gasteiger partial charge in [-0.1, -0.05) is 35.6 Å². The zero-order chi connectivity index (χ0) is 21.8. The second kappa shape index (κ2) is 7.31. The maximum atomic E-state index is 13.1. The van der Waals surface area contributed by atoms with Crippen molar-refractivity contribution in [2.45, 2.75) is 43.0 Å². The van der Waals surface area contributed by atoms with Gasteiger partial charge in [0, 0.05) is 12.3 Å². The Kier molecular flexibility index (Phi) is 4.71. The highest BCUT2D eigenvalue weighted by molar-refractivity contribution is 7.20. The number of benzene rings is 1. The predicted molar refractivity (Wildman–Crippen MR) is 113 cm³/mol. The van der Waals surface area contributed by atoms with Crippen molar-refractivity contribution < 1.29 is 24.2 Å². The second-order valence-corrected chi connectivity index (χ2v) is 9.27. The molecule has 0 bridgehead atoms. The fourth-order valence-electron chi connectivity index (χ4n) is 4.39. The summed E-state index contributed by atoms with van der Waals surface area (Å²) < 4.78 is 7.01. The number of aromatic nitrogens is 1. The number of ether oxygens (including phenoxy) is 1. The number of nitrogens with zero attached hydrogens (tertiary/aromatic N) is 2. The van der Waals surface area contributed by atoms with Crippen LogP contribution >= 0.6 is 11.3 Å². The molecular formula is C21H22N4O5S. The van der Waals surface area contributed by atoms with Crippen LogP contribution in [0.3, 0.4) is 0 Å². The van der Waals surface area contributed by atoms with Crippen LogP contribution in [-0.2, 0) is 14.4 Å². The van der Waals surface area contributed by atoms with E-state index >= 15 is 0 Å². The minimum Gasteiger partial charge on any atom is -0.479 e. The number of aliphatic carboxylic acids is 1. The average molecular weight is 442 g/mol. The molecule has 4 N–H and O–H groups in total. The zero-order valence-electron chi connectivity index (χ0n) is 16.6. The van der Waals surface area contributed by atoms with E-state index in [4.69, 9.17) is 10.5 Å². The molecule has 162 valence electrons. The monoisotopic (exact) mass is 442 g/mol. The molecule has 9 nitrogen and oxygen atoms in total. The molecule has 0 radical (unpaired) electrons. The molecule has 1 aromatic carbocycles. The molecule has 1 saturated heterocycles. The molecule has 1 aromatic heterocycles. The molecule has 2 aromatic rings. The average Bonchev–Trinajstić information content (AvgIpc) is 3.09. The van der Waals surface area contributed by atoms with E-state index in [0.717, 1.165) is 10.2 Å². The third kappa shape index (κ3) is 3.45. The van der Waals surface area contributed by atoms with Crippen LogP contribution < -0.4 is 15.8 Å². The Bertz CT molecular complexity index is 1070. The summed E-state index contributed by atoms with van der Waals surface area (Å²) in [7, 11) is 0. The van der Waals surface area contributed by atoms with E-state index in [1.54, 1.807) is 12.2 Å². The number of carbonyl (C=O) groups is 3. The highest BCUT2D eigenvalue weighted by atomic mass is 32.1. The number of carbonyl (C=O) groups excluding carboxylic acids is 2. The standard InChI is InChI=1S/C21H22N4O5S/c22-13-5-3-4-11-9-21(11,19(28)29)24-17(26)15-8-12(10-25(15)18(13)27)30-20-23-14-6-1-2-7-16(14)31-20/h1-4,6-7,11-13,15H,5,8-10,22H2,(H,24,26)(H,28,29)/b4-3-/t11-,12-,13+,15+,21-/m1/s1. The molecule has 2 aliphatic heterocycles. The Morgan fingerprint density at radius 2 is 2.16 bits per heavy atom. The number of amides is 2. The van der Waals surface area contributed by atoms with Crippen molar-refractivity contribution in [2.75, 3.05) is 6.54 Å². The minimum atomic E-state index is -1.32. The first-order valence-corrected chi connectivity index (χ1v) is 11.0. The van der Waals surface area contributed by atoms with Gasteiger partial charge in [-0.2, -0.15) is 0 Å². The lowest BCUT2D eigenvalue weighted by atomic mass is 10.1. The van der Waals surface area contributed by atoms with Crippen LogP contribution in [0, 0.1) is 5.92 Å². The van der Waals surface area contributed by atoms with Crippen LogP contribution in [0.5, 0.6) is 5.19 Å². The van der Waals surface area contributed by atoms with Crippen LogP contribution in [-0.4, -0.2) is 63.0 Å². The van der Waals surface area contributed by atoms with E-state index in [1.807, 2.05) is 24.3 Å². The SMILES string of the molecule is N[C@H]1C/C=C\[C@@H]2C[C@@]2(C(=O)O)NC(=O)[C@@H]2C[C@@H](Oc3nc4ccccc4s3)CN2C1=O. The molecule has 5 rings (SSSR count). The molecule has 0 unspecified atom stereocenters. The van der Waals surface area contributed by atoms with Crippen molar-refractivity contribution in [3.63, 3.8) is 0 Å². The molecule has 5 atom stereocenters. The number of para-hydroxylation sites is 1. The summed E-state index contributed by atoms with van der Waals surface area (Å²) in [5.41, 5.74) is 5.58. The minimum absolute atomic E-state index is 0.188. The van der Waals surface area contributed by atoms with Gasteiger partial charge in [0.15, 0.2) is 0 Å². The molecule has 31 heavy (non-hydrogen) atoms. The lowest BCUT2D eigenvalue weighted by Crippen LogP contribution is -2.55. The molecular weight excluding hydrogens is 420 g/mol. The van der Waals surface area contributed by atoms with Gasteiger partial charge in [0.25, 0.3) is 5.19 Å². The highest BCUT2D eigenvalue weighted by Gasteiger charge is 2.61. The number of hydrogen-bond acceptors (Lipinski definition) is 7. The molecule has 2 amide bonds. The van der Waals surface area contributed by atoms with Crippen LogP contribution in [0.15, 0.2) is 36.4 Å². The number of fused-ring (bicyclic) bond motifs is 3. The predicted octanol–water partition coefficient (Wildman–Crippen LogP) is 0.891. The van der Waals surface area contributed by atoms with E-state index in [0.29, 0.717) is 11.6 Å². The first-order chi connectivity index (χ1) is 14.9. The number of rotatable bonds is 3. The first-order valence-electron chi connectivity index (χ1n) is 10.2. The van der Waals surface area contributed by atoms with Crippen LogP contribution in [0.2, 0.25) is 0 Å². The smallest absolute Gasteiger partial charge is 0.330 e. The largest absolute Gasteiger partial charge is 0.479 e.